The summed E-state index contributed by atoms with van der Waals surface area (Å²) in [6.07, 6.45) is 2.31. The van der Waals surface area contributed by atoms with E-state index < -0.39 is 0 Å². The summed E-state index contributed by atoms with van der Waals surface area (Å²) in [5, 5.41) is 9.78. The van der Waals surface area contributed by atoms with Crippen molar-refractivity contribution in [1.29, 1.82) is 0 Å². The van der Waals surface area contributed by atoms with Crippen molar-refractivity contribution in [2.24, 2.45) is 10.9 Å². The van der Waals surface area contributed by atoms with E-state index in [1.165, 1.54) is 6.26 Å². The minimum absolute atomic E-state index is 0.167. The number of aliphatic imine (C=N–C) groups is 1. The maximum absolute atomic E-state index is 12.0. The topological polar surface area (TPSA) is 81.9 Å². The van der Waals surface area contributed by atoms with Gasteiger partial charge in [0.2, 0.25) is 0 Å². The van der Waals surface area contributed by atoms with Crippen LogP contribution < -0.4 is 16.0 Å². The van der Waals surface area contributed by atoms with Gasteiger partial charge >= 0.3 is 0 Å². The quantitative estimate of drug-likeness (QED) is 0.367. The Morgan fingerprint density at radius 2 is 2.15 bits per heavy atom. The van der Waals surface area contributed by atoms with Gasteiger partial charge in [-0.25, -0.2) is 0 Å². The number of furan rings is 1. The zero-order chi connectivity index (χ0) is 19.8. The normalized spacial score (nSPS) is 20.9. The highest BCUT2D eigenvalue weighted by Gasteiger charge is 2.31. The lowest BCUT2D eigenvalue weighted by atomic mass is 10.1. The van der Waals surface area contributed by atoms with Gasteiger partial charge in [-0.1, -0.05) is 6.92 Å². The summed E-state index contributed by atoms with van der Waals surface area (Å²) < 4.78 is 5.20. The monoisotopic (exact) mass is 377 g/mol. The number of rotatable bonds is 8. The Morgan fingerprint density at radius 1 is 1.37 bits per heavy atom. The molecule has 1 aromatic rings. The van der Waals surface area contributed by atoms with Crippen molar-refractivity contribution in [3.63, 3.8) is 0 Å². The molecule has 0 saturated carbocycles. The highest BCUT2D eigenvalue weighted by atomic mass is 16.3. The molecule has 7 nitrogen and oxygen atoms in total. The molecule has 0 aromatic carbocycles. The summed E-state index contributed by atoms with van der Waals surface area (Å²) >= 11 is 0. The van der Waals surface area contributed by atoms with E-state index in [9.17, 15) is 4.79 Å². The number of nitrogens with one attached hydrogen (secondary N) is 3. The van der Waals surface area contributed by atoms with Crippen molar-refractivity contribution in [3.8, 4) is 0 Å². The largest absolute Gasteiger partial charge is 0.459 e. The molecule has 0 aliphatic carbocycles. The second-order valence-corrected chi connectivity index (χ2v) is 7.58. The van der Waals surface area contributed by atoms with E-state index in [1.54, 1.807) is 6.07 Å². The third-order valence-corrected chi connectivity index (χ3v) is 5.00. The van der Waals surface area contributed by atoms with E-state index in [4.69, 9.17) is 4.42 Å². The van der Waals surface area contributed by atoms with Crippen molar-refractivity contribution >= 4 is 11.9 Å². The summed E-state index contributed by atoms with van der Waals surface area (Å²) in [4.78, 5) is 19.2. The van der Waals surface area contributed by atoms with Gasteiger partial charge in [0.1, 0.15) is 0 Å². The summed E-state index contributed by atoms with van der Waals surface area (Å²) in [7, 11) is 0. The van der Waals surface area contributed by atoms with Crippen molar-refractivity contribution in [1.82, 2.24) is 20.9 Å². The van der Waals surface area contributed by atoms with Crippen LogP contribution >= 0.6 is 0 Å². The van der Waals surface area contributed by atoms with E-state index >= 15 is 0 Å². The minimum Gasteiger partial charge on any atom is -0.459 e. The molecule has 152 valence electrons. The number of hydrogen-bond donors (Lipinski definition) is 3. The fraction of sp³-hybridized carbons (Fsp3) is 0.700. The number of likely N-dealkylation sites (tertiary alicyclic amines) is 1. The van der Waals surface area contributed by atoms with Crippen LogP contribution in [0.4, 0.5) is 0 Å². The van der Waals surface area contributed by atoms with Gasteiger partial charge in [0, 0.05) is 50.4 Å². The Balaban J connectivity index is 1.76. The number of carbonyl (C=O) groups is 1. The molecule has 1 saturated heterocycles. The van der Waals surface area contributed by atoms with Crippen LogP contribution in [-0.2, 0) is 0 Å². The molecule has 27 heavy (non-hydrogen) atoms. The van der Waals surface area contributed by atoms with Crippen molar-refractivity contribution < 1.29 is 9.21 Å². The summed E-state index contributed by atoms with van der Waals surface area (Å²) in [5.41, 5.74) is 0.852. The van der Waals surface area contributed by atoms with E-state index in [-0.39, 0.29) is 5.91 Å². The predicted octanol–water partition coefficient (Wildman–Crippen LogP) is 1.99. The van der Waals surface area contributed by atoms with Gasteiger partial charge in [-0.3, -0.25) is 14.7 Å². The number of aryl methyl sites for hydroxylation is 1. The first-order chi connectivity index (χ1) is 12.9. The zero-order valence-corrected chi connectivity index (χ0v) is 17.3. The van der Waals surface area contributed by atoms with Gasteiger partial charge < -0.3 is 20.4 Å². The Hall–Kier alpha value is -2.02. The molecule has 2 unspecified atom stereocenters. The van der Waals surface area contributed by atoms with E-state index in [0.29, 0.717) is 36.9 Å². The fourth-order valence-electron chi connectivity index (χ4n) is 3.27. The highest BCUT2D eigenvalue weighted by molar-refractivity contribution is 5.92. The van der Waals surface area contributed by atoms with Gasteiger partial charge in [0.15, 0.2) is 11.7 Å². The van der Waals surface area contributed by atoms with Crippen molar-refractivity contribution in [3.05, 3.63) is 23.7 Å². The Labute approximate surface area is 163 Å². The Kier molecular flexibility index (Phi) is 8.16. The van der Waals surface area contributed by atoms with Crippen LogP contribution in [0.2, 0.25) is 0 Å². The molecular formula is C20H35N5O2. The molecule has 1 amide bonds. The lowest BCUT2D eigenvalue weighted by Gasteiger charge is -2.22. The van der Waals surface area contributed by atoms with Gasteiger partial charge in [-0.05, 0) is 46.1 Å². The first-order valence-corrected chi connectivity index (χ1v) is 10.0. The van der Waals surface area contributed by atoms with Crippen LogP contribution in [0.1, 0.15) is 50.2 Å². The van der Waals surface area contributed by atoms with Crippen LogP contribution in [0, 0.1) is 12.8 Å². The van der Waals surface area contributed by atoms with Crippen molar-refractivity contribution in [2.75, 3.05) is 32.7 Å². The maximum Gasteiger partial charge on any atom is 0.287 e. The molecule has 2 heterocycles. The fourth-order valence-corrected chi connectivity index (χ4v) is 3.27. The standard InChI is InChI=1S/C20H35N5O2/c1-6-21-20(24-17-13-25(14(2)3)12-16(17)5)23-10-7-9-22-19(26)18-15(4)8-11-27-18/h8,11,14,16-17H,6-7,9-10,12-13H2,1-5H3,(H,22,26)(H2,21,23,24). The average Bonchev–Trinajstić information content (AvgIpc) is 3.20. The van der Waals surface area contributed by atoms with Gasteiger partial charge in [-0.15, -0.1) is 0 Å². The number of amides is 1. The maximum atomic E-state index is 12.0. The molecule has 2 atom stereocenters. The zero-order valence-electron chi connectivity index (χ0n) is 17.3. The molecule has 1 aliphatic heterocycles. The predicted molar refractivity (Wildman–Crippen MR) is 109 cm³/mol. The minimum atomic E-state index is -0.167. The van der Waals surface area contributed by atoms with Gasteiger partial charge in [0.25, 0.3) is 5.91 Å². The Morgan fingerprint density at radius 3 is 2.74 bits per heavy atom. The van der Waals surface area contributed by atoms with Crippen LogP contribution in [-0.4, -0.2) is 61.6 Å². The molecule has 0 bridgehead atoms. The second-order valence-electron chi connectivity index (χ2n) is 7.58. The highest BCUT2D eigenvalue weighted by Crippen LogP contribution is 2.18. The smallest absolute Gasteiger partial charge is 0.287 e. The number of nitrogens with zero attached hydrogens (tertiary/aromatic N) is 2. The van der Waals surface area contributed by atoms with Crippen LogP contribution in [0.3, 0.4) is 0 Å². The number of carbonyl (C=O) groups excluding carboxylic acids is 1. The summed E-state index contributed by atoms with van der Waals surface area (Å²) in [5.74, 6) is 1.67. The number of hydrogen-bond acceptors (Lipinski definition) is 4. The van der Waals surface area contributed by atoms with E-state index in [1.807, 2.05) is 6.92 Å². The van der Waals surface area contributed by atoms with E-state index in [0.717, 1.165) is 37.6 Å². The lowest BCUT2D eigenvalue weighted by Crippen LogP contribution is -2.47. The molecule has 0 radical (unpaired) electrons. The first-order valence-electron chi connectivity index (χ1n) is 10.0. The molecule has 1 aromatic heterocycles. The third kappa shape index (κ3) is 6.27. The summed E-state index contributed by atoms with van der Waals surface area (Å²) in [6, 6.07) is 2.77. The third-order valence-electron chi connectivity index (χ3n) is 5.00. The molecule has 1 fully saturated rings. The molecule has 2 rings (SSSR count). The average molecular weight is 378 g/mol. The van der Waals surface area contributed by atoms with Gasteiger partial charge in [-0.2, -0.15) is 0 Å². The molecule has 0 spiro atoms. The van der Waals surface area contributed by atoms with E-state index in [2.05, 4.69) is 53.5 Å². The van der Waals surface area contributed by atoms with Crippen LogP contribution in [0.25, 0.3) is 0 Å². The van der Waals surface area contributed by atoms with Crippen molar-refractivity contribution in [2.45, 2.75) is 53.1 Å². The first kappa shape index (κ1) is 21.3. The molecular weight excluding hydrogens is 342 g/mol. The lowest BCUT2D eigenvalue weighted by molar-refractivity contribution is 0.0925. The molecule has 3 N–H and O–H groups in total. The second kappa shape index (κ2) is 10.3. The van der Waals surface area contributed by atoms with Gasteiger partial charge in [0.05, 0.1) is 6.26 Å². The van der Waals surface area contributed by atoms with Crippen LogP contribution in [0.5, 0.6) is 0 Å². The van der Waals surface area contributed by atoms with Crippen LogP contribution in [0.15, 0.2) is 21.7 Å². The molecule has 1 aliphatic rings. The SMILES string of the molecule is CCNC(=NCCCNC(=O)c1occc1C)NC1CN(C(C)C)CC1C. The summed E-state index contributed by atoms with van der Waals surface area (Å²) in [6.45, 7) is 14.9. The number of guanidine groups is 1. The molecule has 7 heteroatoms. The Bertz CT molecular complexity index is 626.